The van der Waals surface area contributed by atoms with Crippen molar-refractivity contribution >= 4 is 17.2 Å². The molecule has 0 radical (unpaired) electrons. The molecular formula is C14H13NO4S. The summed E-state index contributed by atoms with van der Waals surface area (Å²) in [6.07, 6.45) is -0.695. The Morgan fingerprint density at radius 1 is 1.35 bits per heavy atom. The normalized spacial score (nSPS) is 14.1. The number of thiophene rings is 1. The summed E-state index contributed by atoms with van der Waals surface area (Å²) in [4.78, 5) is 12.0. The van der Waals surface area contributed by atoms with Crippen LogP contribution in [0.1, 0.15) is 22.0 Å². The average molecular weight is 291 g/mol. The van der Waals surface area contributed by atoms with Gasteiger partial charge in [-0.05, 0) is 40.6 Å². The molecule has 0 bridgehead atoms. The number of rotatable bonds is 4. The Balaban J connectivity index is 1.62. The molecule has 1 amide bonds. The van der Waals surface area contributed by atoms with Gasteiger partial charge in [0.1, 0.15) is 0 Å². The van der Waals surface area contributed by atoms with Crippen LogP contribution in [0.2, 0.25) is 0 Å². The van der Waals surface area contributed by atoms with E-state index in [-0.39, 0.29) is 19.2 Å². The third-order valence-electron chi connectivity index (χ3n) is 3.02. The van der Waals surface area contributed by atoms with Crippen LogP contribution in [0.3, 0.4) is 0 Å². The second kappa shape index (κ2) is 5.52. The SMILES string of the molecule is O=C(NCC(O)c1ccsc1)c1ccc2c(c1)OCO2. The summed E-state index contributed by atoms with van der Waals surface area (Å²) >= 11 is 1.51. The van der Waals surface area contributed by atoms with Crippen LogP contribution in [-0.4, -0.2) is 24.4 Å². The summed E-state index contributed by atoms with van der Waals surface area (Å²) in [7, 11) is 0. The number of hydrogen-bond acceptors (Lipinski definition) is 5. The molecule has 0 saturated carbocycles. The Kier molecular flexibility index (Phi) is 3.58. The minimum absolute atomic E-state index is 0.171. The third-order valence-corrected chi connectivity index (χ3v) is 3.72. The number of fused-ring (bicyclic) bond motifs is 1. The van der Waals surface area contributed by atoms with Crippen LogP contribution in [-0.2, 0) is 0 Å². The van der Waals surface area contributed by atoms with E-state index in [0.29, 0.717) is 17.1 Å². The molecule has 5 nitrogen and oxygen atoms in total. The number of amides is 1. The van der Waals surface area contributed by atoms with E-state index >= 15 is 0 Å². The van der Waals surface area contributed by atoms with Gasteiger partial charge in [-0.3, -0.25) is 4.79 Å². The Morgan fingerprint density at radius 2 is 2.20 bits per heavy atom. The summed E-state index contributed by atoms with van der Waals surface area (Å²) < 4.78 is 10.4. The predicted molar refractivity (Wildman–Crippen MR) is 74.2 cm³/mol. The number of hydrogen-bond donors (Lipinski definition) is 2. The molecule has 1 unspecified atom stereocenters. The number of carbonyl (C=O) groups excluding carboxylic acids is 1. The first-order valence-electron chi connectivity index (χ1n) is 6.12. The van der Waals surface area contributed by atoms with Crippen LogP contribution < -0.4 is 14.8 Å². The molecule has 0 fully saturated rings. The van der Waals surface area contributed by atoms with Crippen molar-refractivity contribution in [2.24, 2.45) is 0 Å². The van der Waals surface area contributed by atoms with Crippen molar-refractivity contribution < 1.29 is 19.4 Å². The van der Waals surface area contributed by atoms with E-state index in [4.69, 9.17) is 9.47 Å². The molecule has 3 rings (SSSR count). The van der Waals surface area contributed by atoms with Crippen LogP contribution in [0.25, 0.3) is 0 Å². The fourth-order valence-electron chi connectivity index (χ4n) is 1.91. The van der Waals surface area contributed by atoms with Crippen molar-refractivity contribution in [2.75, 3.05) is 13.3 Å². The van der Waals surface area contributed by atoms with E-state index in [1.807, 2.05) is 16.8 Å². The Morgan fingerprint density at radius 3 is 3.00 bits per heavy atom. The second-order valence-corrected chi connectivity index (χ2v) is 5.13. The Labute approximate surface area is 119 Å². The van der Waals surface area contributed by atoms with E-state index < -0.39 is 6.10 Å². The minimum Gasteiger partial charge on any atom is -0.454 e. The lowest BCUT2D eigenvalue weighted by Crippen LogP contribution is -2.28. The topological polar surface area (TPSA) is 67.8 Å². The summed E-state index contributed by atoms with van der Waals surface area (Å²) in [5.41, 5.74) is 1.28. The number of aliphatic hydroxyl groups is 1. The van der Waals surface area contributed by atoms with Crippen LogP contribution in [0.4, 0.5) is 0 Å². The van der Waals surface area contributed by atoms with Gasteiger partial charge in [0.15, 0.2) is 11.5 Å². The van der Waals surface area contributed by atoms with Gasteiger partial charge in [0.25, 0.3) is 5.91 Å². The van der Waals surface area contributed by atoms with Gasteiger partial charge in [0.2, 0.25) is 6.79 Å². The van der Waals surface area contributed by atoms with Gasteiger partial charge in [-0.25, -0.2) is 0 Å². The van der Waals surface area contributed by atoms with Crippen molar-refractivity contribution in [3.05, 3.63) is 46.2 Å². The molecule has 1 aromatic heterocycles. The predicted octanol–water partition coefficient (Wildman–Crippen LogP) is 1.94. The lowest BCUT2D eigenvalue weighted by molar-refractivity contribution is 0.0916. The lowest BCUT2D eigenvalue weighted by atomic mass is 10.1. The monoisotopic (exact) mass is 291 g/mol. The van der Waals surface area contributed by atoms with E-state index in [1.54, 1.807) is 18.2 Å². The molecule has 0 spiro atoms. The van der Waals surface area contributed by atoms with E-state index in [1.165, 1.54) is 11.3 Å². The fourth-order valence-corrected chi connectivity index (χ4v) is 2.62. The molecule has 2 heterocycles. The van der Waals surface area contributed by atoms with Gasteiger partial charge in [0.05, 0.1) is 6.10 Å². The maximum Gasteiger partial charge on any atom is 0.251 e. The van der Waals surface area contributed by atoms with Crippen LogP contribution >= 0.6 is 11.3 Å². The quantitative estimate of drug-likeness (QED) is 0.903. The zero-order valence-corrected chi connectivity index (χ0v) is 11.4. The number of ether oxygens (including phenoxy) is 2. The standard InChI is InChI=1S/C14H13NO4S/c16-11(10-3-4-20-7-10)6-15-14(17)9-1-2-12-13(5-9)19-8-18-12/h1-5,7,11,16H,6,8H2,(H,15,17). The van der Waals surface area contributed by atoms with E-state index in [2.05, 4.69) is 5.32 Å². The van der Waals surface area contributed by atoms with Crippen molar-refractivity contribution in [3.8, 4) is 11.5 Å². The molecule has 104 valence electrons. The van der Waals surface area contributed by atoms with Crippen LogP contribution in [0.15, 0.2) is 35.0 Å². The molecular weight excluding hydrogens is 278 g/mol. The fraction of sp³-hybridized carbons (Fsp3) is 0.214. The molecule has 1 atom stereocenters. The van der Waals surface area contributed by atoms with Crippen molar-refractivity contribution in [3.63, 3.8) is 0 Å². The first kappa shape index (κ1) is 13.0. The molecule has 1 aliphatic heterocycles. The number of carbonyl (C=O) groups is 1. The molecule has 20 heavy (non-hydrogen) atoms. The smallest absolute Gasteiger partial charge is 0.251 e. The molecule has 6 heteroatoms. The average Bonchev–Trinajstić information content (AvgIpc) is 3.13. The summed E-state index contributed by atoms with van der Waals surface area (Å²) in [6, 6.07) is 6.84. The summed E-state index contributed by atoms with van der Waals surface area (Å²) in [5.74, 6) is 0.952. The van der Waals surface area contributed by atoms with Gasteiger partial charge in [-0.1, -0.05) is 0 Å². The highest BCUT2D eigenvalue weighted by Crippen LogP contribution is 2.32. The van der Waals surface area contributed by atoms with Crippen molar-refractivity contribution in [1.82, 2.24) is 5.32 Å². The molecule has 2 aromatic rings. The number of benzene rings is 1. The van der Waals surface area contributed by atoms with E-state index in [0.717, 1.165) is 5.56 Å². The van der Waals surface area contributed by atoms with Gasteiger partial charge in [-0.15, -0.1) is 0 Å². The first-order valence-corrected chi connectivity index (χ1v) is 7.06. The van der Waals surface area contributed by atoms with Gasteiger partial charge >= 0.3 is 0 Å². The summed E-state index contributed by atoms with van der Waals surface area (Å²) in [5, 5.41) is 16.4. The molecule has 1 aromatic carbocycles. The Bertz CT molecular complexity index is 612. The van der Waals surface area contributed by atoms with Gasteiger partial charge in [-0.2, -0.15) is 11.3 Å². The lowest BCUT2D eigenvalue weighted by Gasteiger charge is -2.10. The highest BCUT2D eigenvalue weighted by atomic mass is 32.1. The van der Waals surface area contributed by atoms with Crippen LogP contribution in [0, 0.1) is 0 Å². The maximum absolute atomic E-state index is 12.0. The largest absolute Gasteiger partial charge is 0.454 e. The second-order valence-electron chi connectivity index (χ2n) is 4.35. The van der Waals surface area contributed by atoms with Crippen LogP contribution in [0.5, 0.6) is 11.5 Å². The minimum atomic E-state index is -0.695. The summed E-state index contributed by atoms with van der Waals surface area (Å²) in [6.45, 7) is 0.348. The molecule has 1 aliphatic rings. The highest BCUT2D eigenvalue weighted by Gasteiger charge is 2.17. The first-order chi connectivity index (χ1) is 9.74. The maximum atomic E-state index is 12.0. The van der Waals surface area contributed by atoms with Gasteiger partial charge in [0, 0.05) is 12.1 Å². The van der Waals surface area contributed by atoms with Crippen molar-refractivity contribution in [1.29, 1.82) is 0 Å². The molecule has 0 aliphatic carbocycles. The van der Waals surface area contributed by atoms with Gasteiger partial charge < -0.3 is 19.9 Å². The zero-order valence-electron chi connectivity index (χ0n) is 10.5. The molecule has 0 saturated heterocycles. The Hall–Kier alpha value is -2.05. The zero-order chi connectivity index (χ0) is 13.9. The third kappa shape index (κ3) is 2.61. The van der Waals surface area contributed by atoms with Crippen molar-refractivity contribution in [2.45, 2.75) is 6.10 Å². The van der Waals surface area contributed by atoms with E-state index in [9.17, 15) is 9.90 Å². The highest BCUT2D eigenvalue weighted by molar-refractivity contribution is 7.07. The number of nitrogens with one attached hydrogen (secondary N) is 1. The molecule has 2 N–H and O–H groups in total. The number of aliphatic hydroxyl groups excluding tert-OH is 1.